The van der Waals surface area contributed by atoms with Crippen molar-refractivity contribution in [3.05, 3.63) is 89.5 Å². The summed E-state index contributed by atoms with van der Waals surface area (Å²) >= 11 is 0. The molecule has 0 aromatic heterocycles. The Morgan fingerprint density at radius 2 is 1.38 bits per heavy atom. The van der Waals surface area contributed by atoms with E-state index in [1.165, 1.54) is 28.1 Å². The average Bonchev–Trinajstić information content (AvgIpc) is 2.84. The summed E-state index contributed by atoms with van der Waals surface area (Å²) in [4.78, 5) is 9.56. The highest BCUT2D eigenvalue weighted by Gasteiger charge is 2.15. The molecule has 1 fully saturated rings. The van der Waals surface area contributed by atoms with Crippen LogP contribution in [0, 0.1) is 0 Å². The molecule has 34 heavy (non-hydrogen) atoms. The van der Waals surface area contributed by atoms with Crippen molar-refractivity contribution in [3.63, 3.8) is 0 Å². The molecule has 5 nitrogen and oxygen atoms in total. The van der Waals surface area contributed by atoms with Gasteiger partial charge in [-0.15, -0.1) is 0 Å². The van der Waals surface area contributed by atoms with Gasteiger partial charge in [0.2, 0.25) is 0 Å². The zero-order valence-electron chi connectivity index (χ0n) is 21.1. The standard InChI is InChI=1S/C29H38N4O/c1-30(2)21-24-11-13-27(14-12-24)33(23-26-8-6-10-29(20-26)34-4)22-25-7-5-9-28(19-25)32-17-15-31(3)16-18-32/h5-14,19-20H,15-18,21-23H2,1-4H3. The van der Waals surface area contributed by atoms with Crippen LogP contribution in [-0.4, -0.2) is 64.2 Å². The van der Waals surface area contributed by atoms with Crippen LogP contribution in [0.3, 0.4) is 0 Å². The molecule has 5 heteroatoms. The van der Waals surface area contributed by atoms with Crippen molar-refractivity contribution in [2.45, 2.75) is 19.6 Å². The maximum Gasteiger partial charge on any atom is 0.119 e. The number of piperazine rings is 1. The molecule has 1 heterocycles. The molecule has 0 spiro atoms. The second-order valence-corrected chi connectivity index (χ2v) is 9.57. The minimum Gasteiger partial charge on any atom is -0.497 e. The number of nitrogens with zero attached hydrogens (tertiary/aromatic N) is 4. The zero-order valence-corrected chi connectivity index (χ0v) is 21.1. The van der Waals surface area contributed by atoms with Crippen LogP contribution in [0.15, 0.2) is 72.8 Å². The van der Waals surface area contributed by atoms with Crippen molar-refractivity contribution in [2.24, 2.45) is 0 Å². The van der Waals surface area contributed by atoms with Crippen LogP contribution >= 0.6 is 0 Å². The van der Waals surface area contributed by atoms with Gasteiger partial charge >= 0.3 is 0 Å². The van der Waals surface area contributed by atoms with Gasteiger partial charge in [0.25, 0.3) is 0 Å². The largest absolute Gasteiger partial charge is 0.497 e. The van der Waals surface area contributed by atoms with E-state index in [0.29, 0.717) is 0 Å². The van der Waals surface area contributed by atoms with Gasteiger partial charge in [-0.2, -0.15) is 0 Å². The van der Waals surface area contributed by atoms with E-state index in [1.54, 1.807) is 7.11 Å². The van der Waals surface area contributed by atoms with E-state index >= 15 is 0 Å². The van der Waals surface area contributed by atoms with Crippen molar-refractivity contribution < 1.29 is 4.74 Å². The minimum absolute atomic E-state index is 0.822. The molecule has 0 aliphatic carbocycles. The Morgan fingerprint density at radius 1 is 0.735 bits per heavy atom. The third-order valence-electron chi connectivity index (χ3n) is 6.46. The fraction of sp³-hybridized carbons (Fsp3) is 0.379. The highest BCUT2D eigenvalue weighted by atomic mass is 16.5. The second kappa shape index (κ2) is 11.4. The molecule has 0 saturated carbocycles. The monoisotopic (exact) mass is 458 g/mol. The first kappa shape index (κ1) is 24.1. The highest BCUT2D eigenvalue weighted by Crippen LogP contribution is 2.25. The normalized spacial score (nSPS) is 14.4. The smallest absolute Gasteiger partial charge is 0.119 e. The van der Waals surface area contributed by atoms with E-state index in [4.69, 9.17) is 4.74 Å². The van der Waals surface area contributed by atoms with Crippen LogP contribution in [-0.2, 0) is 19.6 Å². The Kier molecular flexibility index (Phi) is 8.09. The van der Waals surface area contributed by atoms with Gasteiger partial charge in [0.05, 0.1) is 7.11 Å². The summed E-state index contributed by atoms with van der Waals surface area (Å²) in [7, 11) is 8.14. The summed E-state index contributed by atoms with van der Waals surface area (Å²) in [6.07, 6.45) is 0. The van der Waals surface area contributed by atoms with E-state index in [9.17, 15) is 0 Å². The molecule has 1 saturated heterocycles. The molecule has 3 aromatic carbocycles. The zero-order chi connectivity index (χ0) is 23.9. The van der Waals surface area contributed by atoms with E-state index in [0.717, 1.165) is 51.6 Å². The number of hydrogen-bond acceptors (Lipinski definition) is 5. The van der Waals surface area contributed by atoms with Gasteiger partial charge in [0.15, 0.2) is 0 Å². The molecule has 1 aliphatic rings. The predicted octanol–water partition coefficient (Wildman–Crippen LogP) is 4.72. The molecular formula is C29H38N4O. The molecule has 180 valence electrons. The van der Waals surface area contributed by atoms with Crippen LogP contribution in [0.4, 0.5) is 11.4 Å². The first-order valence-electron chi connectivity index (χ1n) is 12.1. The van der Waals surface area contributed by atoms with E-state index in [2.05, 4.69) is 107 Å². The van der Waals surface area contributed by atoms with Crippen molar-refractivity contribution in [3.8, 4) is 5.75 Å². The molecule has 0 radical (unpaired) electrons. The lowest BCUT2D eigenvalue weighted by molar-refractivity contribution is 0.313. The molecule has 1 aliphatic heterocycles. The van der Waals surface area contributed by atoms with Gasteiger partial charge in [-0.25, -0.2) is 0 Å². The number of likely N-dealkylation sites (N-methyl/N-ethyl adjacent to an activating group) is 1. The fourth-order valence-electron chi connectivity index (χ4n) is 4.54. The number of benzene rings is 3. The Hall–Kier alpha value is -3.02. The molecule has 0 N–H and O–H groups in total. The number of methoxy groups -OCH3 is 1. The molecule has 3 aromatic rings. The Morgan fingerprint density at radius 3 is 2.03 bits per heavy atom. The van der Waals surface area contributed by atoms with E-state index in [-0.39, 0.29) is 0 Å². The molecule has 4 rings (SSSR count). The summed E-state index contributed by atoms with van der Waals surface area (Å²) in [6, 6.07) is 26.4. The summed E-state index contributed by atoms with van der Waals surface area (Å²) in [5.41, 5.74) is 6.46. The Balaban J connectivity index is 1.57. The second-order valence-electron chi connectivity index (χ2n) is 9.57. The highest BCUT2D eigenvalue weighted by molar-refractivity contribution is 5.52. The summed E-state index contributed by atoms with van der Waals surface area (Å²) < 4.78 is 5.47. The number of anilines is 2. The summed E-state index contributed by atoms with van der Waals surface area (Å²) in [5, 5.41) is 0. The number of hydrogen-bond donors (Lipinski definition) is 0. The summed E-state index contributed by atoms with van der Waals surface area (Å²) in [6.45, 7) is 7.02. The van der Waals surface area contributed by atoms with Gasteiger partial charge in [0, 0.05) is 57.2 Å². The fourth-order valence-corrected chi connectivity index (χ4v) is 4.54. The van der Waals surface area contributed by atoms with E-state index in [1.807, 2.05) is 6.07 Å². The lowest BCUT2D eigenvalue weighted by Gasteiger charge is -2.34. The minimum atomic E-state index is 0.822. The Labute approximate surface area is 205 Å². The molecule has 0 amide bonds. The lowest BCUT2D eigenvalue weighted by atomic mass is 10.1. The van der Waals surface area contributed by atoms with Crippen molar-refractivity contribution in [2.75, 3.05) is 64.2 Å². The molecule has 0 atom stereocenters. The van der Waals surface area contributed by atoms with Gasteiger partial charge < -0.3 is 24.3 Å². The predicted molar refractivity (Wildman–Crippen MR) is 143 cm³/mol. The van der Waals surface area contributed by atoms with Gasteiger partial charge in [-0.05, 0) is 74.2 Å². The Bertz CT molecular complexity index is 1040. The first-order chi connectivity index (χ1) is 16.5. The van der Waals surface area contributed by atoms with Crippen LogP contribution < -0.4 is 14.5 Å². The molecule has 0 unspecified atom stereocenters. The quantitative estimate of drug-likeness (QED) is 0.462. The van der Waals surface area contributed by atoms with Crippen LogP contribution in [0.1, 0.15) is 16.7 Å². The van der Waals surface area contributed by atoms with E-state index < -0.39 is 0 Å². The first-order valence-corrected chi connectivity index (χ1v) is 12.1. The third-order valence-corrected chi connectivity index (χ3v) is 6.46. The number of rotatable bonds is 9. The maximum atomic E-state index is 5.47. The van der Waals surface area contributed by atoms with Crippen molar-refractivity contribution in [1.82, 2.24) is 9.80 Å². The summed E-state index contributed by atoms with van der Waals surface area (Å²) in [5.74, 6) is 0.899. The van der Waals surface area contributed by atoms with Crippen LogP contribution in [0.5, 0.6) is 5.75 Å². The van der Waals surface area contributed by atoms with Crippen molar-refractivity contribution in [1.29, 1.82) is 0 Å². The van der Waals surface area contributed by atoms with Crippen molar-refractivity contribution >= 4 is 11.4 Å². The van der Waals surface area contributed by atoms with Gasteiger partial charge in [0.1, 0.15) is 5.75 Å². The lowest BCUT2D eigenvalue weighted by Crippen LogP contribution is -2.44. The number of ether oxygens (including phenoxy) is 1. The molecule has 0 bridgehead atoms. The third kappa shape index (κ3) is 6.52. The van der Waals surface area contributed by atoms with Crippen LogP contribution in [0.2, 0.25) is 0 Å². The van der Waals surface area contributed by atoms with Gasteiger partial charge in [-0.1, -0.05) is 36.4 Å². The topological polar surface area (TPSA) is 22.2 Å². The van der Waals surface area contributed by atoms with Crippen LogP contribution in [0.25, 0.3) is 0 Å². The SMILES string of the molecule is COc1cccc(CN(Cc2cccc(N3CCN(C)CC3)c2)c2ccc(CN(C)C)cc2)c1. The average molecular weight is 459 g/mol. The molecular weight excluding hydrogens is 420 g/mol. The maximum absolute atomic E-state index is 5.47. The van der Waals surface area contributed by atoms with Gasteiger partial charge in [-0.3, -0.25) is 0 Å².